The Morgan fingerprint density at radius 3 is 2.79 bits per heavy atom. The highest BCUT2D eigenvalue weighted by Gasteiger charge is 2.43. The van der Waals surface area contributed by atoms with E-state index in [1.54, 1.807) is 19.2 Å². The van der Waals surface area contributed by atoms with Gasteiger partial charge in [0.05, 0.1) is 0 Å². The van der Waals surface area contributed by atoms with Gasteiger partial charge in [-0.1, -0.05) is 12.5 Å². The third-order valence-electron chi connectivity index (χ3n) is 4.72. The number of likely N-dealkylation sites (tertiary alicyclic amines) is 1. The molecule has 1 amide bonds. The number of carbonyl (C=O) groups is 1. The van der Waals surface area contributed by atoms with E-state index >= 15 is 0 Å². The van der Waals surface area contributed by atoms with Gasteiger partial charge in [-0.05, 0) is 37.7 Å². The van der Waals surface area contributed by atoms with Crippen LogP contribution in [-0.4, -0.2) is 28.5 Å². The van der Waals surface area contributed by atoms with Gasteiger partial charge < -0.3 is 9.47 Å². The summed E-state index contributed by atoms with van der Waals surface area (Å²) in [7, 11) is 0. The summed E-state index contributed by atoms with van der Waals surface area (Å²) >= 11 is 0. The number of hydrogen-bond donors (Lipinski definition) is 0. The molecule has 1 saturated heterocycles. The normalized spacial score (nSPS) is 20.6. The molecule has 0 atom stereocenters. The van der Waals surface area contributed by atoms with Gasteiger partial charge in [0.25, 0.3) is 5.56 Å². The van der Waals surface area contributed by atoms with Crippen molar-refractivity contribution in [3.05, 3.63) is 34.2 Å². The van der Waals surface area contributed by atoms with Crippen LogP contribution in [0.5, 0.6) is 0 Å². The first kappa shape index (κ1) is 12.5. The summed E-state index contributed by atoms with van der Waals surface area (Å²) in [6, 6.07) is 3.60. The number of rotatable bonds is 2. The van der Waals surface area contributed by atoms with Crippen LogP contribution in [0.15, 0.2) is 23.1 Å². The molecule has 2 aliphatic rings. The Morgan fingerprint density at radius 1 is 1.37 bits per heavy atom. The minimum absolute atomic E-state index is 0.0617. The second kappa shape index (κ2) is 4.51. The third-order valence-corrected chi connectivity index (χ3v) is 4.72. The Labute approximate surface area is 113 Å². The van der Waals surface area contributed by atoms with E-state index in [1.165, 1.54) is 23.8 Å². The van der Waals surface area contributed by atoms with Crippen LogP contribution < -0.4 is 5.56 Å². The summed E-state index contributed by atoms with van der Waals surface area (Å²) in [5, 5.41) is 0. The molecule has 1 aromatic rings. The van der Waals surface area contributed by atoms with Crippen LogP contribution in [0, 0.1) is 12.3 Å². The van der Waals surface area contributed by atoms with E-state index < -0.39 is 0 Å². The van der Waals surface area contributed by atoms with Gasteiger partial charge >= 0.3 is 0 Å². The van der Waals surface area contributed by atoms with Crippen LogP contribution in [0.1, 0.15) is 31.2 Å². The summed E-state index contributed by atoms with van der Waals surface area (Å²) in [6.45, 7) is 3.71. The maximum absolute atomic E-state index is 12.3. The predicted octanol–water partition coefficient (Wildman–Crippen LogP) is 1.56. The zero-order valence-electron chi connectivity index (χ0n) is 11.4. The molecule has 2 heterocycles. The van der Waals surface area contributed by atoms with Crippen molar-refractivity contribution in [1.29, 1.82) is 0 Å². The molecule has 2 fully saturated rings. The van der Waals surface area contributed by atoms with Crippen LogP contribution >= 0.6 is 0 Å². The standard InChI is InChI=1S/C15H20N2O2/c1-12-4-2-8-16(14(12)19)10-13(18)17-9-7-15(11-17)5-3-6-15/h2,4,8H,3,5-7,9-11H2,1H3. The molecule has 0 radical (unpaired) electrons. The second-order valence-corrected chi connectivity index (χ2v) is 6.04. The lowest BCUT2D eigenvalue weighted by atomic mass is 9.68. The number of amides is 1. The van der Waals surface area contributed by atoms with E-state index in [1.807, 2.05) is 11.0 Å². The topological polar surface area (TPSA) is 42.3 Å². The van der Waals surface area contributed by atoms with Gasteiger partial charge in [0.1, 0.15) is 6.54 Å². The summed E-state index contributed by atoms with van der Waals surface area (Å²) in [4.78, 5) is 26.1. The third kappa shape index (κ3) is 2.20. The molecule has 0 unspecified atom stereocenters. The SMILES string of the molecule is Cc1cccn(CC(=O)N2CCC3(CCC3)C2)c1=O. The Balaban J connectivity index is 1.69. The Kier molecular flexibility index (Phi) is 2.96. The molecule has 1 aliphatic heterocycles. The molecule has 102 valence electrons. The van der Waals surface area contributed by atoms with E-state index in [0.717, 1.165) is 19.5 Å². The Hall–Kier alpha value is -1.58. The molecule has 0 aromatic carbocycles. The number of aryl methyl sites for hydroxylation is 1. The fraction of sp³-hybridized carbons (Fsp3) is 0.600. The number of hydrogen-bond acceptors (Lipinski definition) is 2. The van der Waals surface area contributed by atoms with Gasteiger partial charge in [-0.2, -0.15) is 0 Å². The molecule has 0 N–H and O–H groups in total. The summed E-state index contributed by atoms with van der Waals surface area (Å²) < 4.78 is 1.52. The highest BCUT2D eigenvalue weighted by Crippen LogP contribution is 2.47. The zero-order chi connectivity index (χ0) is 13.5. The van der Waals surface area contributed by atoms with Crippen molar-refractivity contribution >= 4 is 5.91 Å². The first-order valence-electron chi connectivity index (χ1n) is 7.04. The first-order valence-corrected chi connectivity index (χ1v) is 7.04. The molecular weight excluding hydrogens is 240 g/mol. The van der Waals surface area contributed by atoms with Gasteiger partial charge in [0, 0.05) is 24.8 Å². The molecule has 3 rings (SSSR count). The van der Waals surface area contributed by atoms with Crippen LogP contribution in [0.4, 0.5) is 0 Å². The number of carbonyl (C=O) groups excluding carboxylic acids is 1. The smallest absolute Gasteiger partial charge is 0.253 e. The molecule has 1 aliphatic carbocycles. The molecular formula is C15H20N2O2. The number of aromatic nitrogens is 1. The number of pyridine rings is 1. The van der Waals surface area contributed by atoms with Crippen molar-refractivity contribution in [2.45, 2.75) is 39.2 Å². The van der Waals surface area contributed by atoms with Crippen LogP contribution in [0.25, 0.3) is 0 Å². The largest absolute Gasteiger partial charge is 0.341 e. The summed E-state index contributed by atoms with van der Waals surface area (Å²) in [5.41, 5.74) is 1.05. The molecule has 1 spiro atoms. The average molecular weight is 260 g/mol. The maximum atomic E-state index is 12.3. The molecule has 1 saturated carbocycles. The summed E-state index contributed by atoms with van der Waals surface area (Å²) in [6.07, 6.45) is 6.67. The van der Waals surface area contributed by atoms with Gasteiger partial charge in [-0.25, -0.2) is 0 Å². The van der Waals surface area contributed by atoms with E-state index in [2.05, 4.69) is 0 Å². The fourth-order valence-electron chi connectivity index (χ4n) is 3.26. The molecule has 19 heavy (non-hydrogen) atoms. The monoisotopic (exact) mass is 260 g/mol. The highest BCUT2D eigenvalue weighted by molar-refractivity contribution is 5.76. The van der Waals surface area contributed by atoms with E-state index in [-0.39, 0.29) is 18.0 Å². The lowest BCUT2D eigenvalue weighted by Gasteiger charge is -2.37. The summed E-state index contributed by atoms with van der Waals surface area (Å²) in [5.74, 6) is 0.0801. The van der Waals surface area contributed by atoms with E-state index in [4.69, 9.17) is 0 Å². The van der Waals surface area contributed by atoms with E-state index in [9.17, 15) is 9.59 Å². The van der Waals surface area contributed by atoms with Crippen LogP contribution in [0.3, 0.4) is 0 Å². The van der Waals surface area contributed by atoms with Crippen LogP contribution in [-0.2, 0) is 11.3 Å². The fourth-order valence-corrected chi connectivity index (χ4v) is 3.26. The first-order chi connectivity index (χ1) is 9.10. The number of nitrogens with zero attached hydrogens (tertiary/aromatic N) is 2. The highest BCUT2D eigenvalue weighted by atomic mass is 16.2. The molecule has 4 nitrogen and oxygen atoms in total. The minimum Gasteiger partial charge on any atom is -0.341 e. The second-order valence-electron chi connectivity index (χ2n) is 6.04. The van der Waals surface area contributed by atoms with Gasteiger partial charge in [-0.15, -0.1) is 0 Å². The van der Waals surface area contributed by atoms with Crippen LogP contribution in [0.2, 0.25) is 0 Å². The Morgan fingerprint density at radius 2 is 2.16 bits per heavy atom. The van der Waals surface area contributed by atoms with Crippen molar-refractivity contribution in [1.82, 2.24) is 9.47 Å². The van der Waals surface area contributed by atoms with Crippen molar-refractivity contribution in [2.24, 2.45) is 5.41 Å². The maximum Gasteiger partial charge on any atom is 0.253 e. The lowest BCUT2D eigenvalue weighted by Crippen LogP contribution is -2.38. The minimum atomic E-state index is -0.0617. The molecule has 1 aromatic heterocycles. The predicted molar refractivity (Wildman–Crippen MR) is 72.9 cm³/mol. The zero-order valence-corrected chi connectivity index (χ0v) is 11.4. The molecule has 4 heteroatoms. The lowest BCUT2D eigenvalue weighted by molar-refractivity contribution is -0.131. The van der Waals surface area contributed by atoms with Gasteiger partial charge in [0.15, 0.2) is 0 Å². The van der Waals surface area contributed by atoms with Gasteiger partial charge in [-0.3, -0.25) is 9.59 Å². The Bertz CT molecular complexity index is 558. The van der Waals surface area contributed by atoms with Crippen molar-refractivity contribution in [3.63, 3.8) is 0 Å². The van der Waals surface area contributed by atoms with Gasteiger partial charge in [0.2, 0.25) is 5.91 Å². The van der Waals surface area contributed by atoms with Crippen molar-refractivity contribution in [2.75, 3.05) is 13.1 Å². The van der Waals surface area contributed by atoms with E-state index in [0.29, 0.717) is 11.0 Å². The van der Waals surface area contributed by atoms with Crippen molar-refractivity contribution < 1.29 is 4.79 Å². The quantitative estimate of drug-likeness (QED) is 0.810. The average Bonchev–Trinajstić information content (AvgIpc) is 2.80. The molecule has 0 bridgehead atoms. The van der Waals surface area contributed by atoms with Crippen molar-refractivity contribution in [3.8, 4) is 0 Å².